The SMILES string of the molecule is Cc1cc(=O)[nH]c(CNC(=O)C(C)Sc2ccccc2Cl)n1. The summed E-state index contributed by atoms with van der Waals surface area (Å²) in [5.74, 6) is 0.294. The van der Waals surface area contributed by atoms with Gasteiger partial charge in [0.15, 0.2) is 0 Å². The van der Waals surface area contributed by atoms with Crippen molar-refractivity contribution in [2.75, 3.05) is 0 Å². The van der Waals surface area contributed by atoms with Gasteiger partial charge in [0.2, 0.25) is 5.91 Å². The van der Waals surface area contributed by atoms with Gasteiger partial charge in [0, 0.05) is 16.7 Å². The monoisotopic (exact) mass is 337 g/mol. The van der Waals surface area contributed by atoms with Crippen molar-refractivity contribution in [3.05, 3.63) is 57.2 Å². The molecule has 0 aliphatic carbocycles. The van der Waals surface area contributed by atoms with E-state index in [2.05, 4.69) is 15.3 Å². The van der Waals surface area contributed by atoms with Crippen LogP contribution >= 0.6 is 23.4 Å². The van der Waals surface area contributed by atoms with Crippen LogP contribution in [0.25, 0.3) is 0 Å². The lowest BCUT2D eigenvalue weighted by Gasteiger charge is -2.12. The largest absolute Gasteiger partial charge is 0.348 e. The predicted molar refractivity (Wildman–Crippen MR) is 88.2 cm³/mol. The van der Waals surface area contributed by atoms with Gasteiger partial charge < -0.3 is 10.3 Å². The van der Waals surface area contributed by atoms with Crippen LogP contribution in [-0.2, 0) is 11.3 Å². The van der Waals surface area contributed by atoms with Gasteiger partial charge in [-0.1, -0.05) is 23.7 Å². The number of amides is 1. The molecule has 7 heteroatoms. The maximum atomic E-state index is 12.1. The molecule has 2 N–H and O–H groups in total. The molecule has 2 aromatic rings. The van der Waals surface area contributed by atoms with Crippen LogP contribution in [0.5, 0.6) is 0 Å². The highest BCUT2D eigenvalue weighted by molar-refractivity contribution is 8.00. The number of carbonyl (C=O) groups is 1. The molecule has 1 unspecified atom stereocenters. The first kappa shape index (κ1) is 16.6. The van der Waals surface area contributed by atoms with Crippen LogP contribution in [0, 0.1) is 6.92 Å². The molecule has 0 aliphatic rings. The lowest BCUT2D eigenvalue weighted by molar-refractivity contribution is -0.120. The summed E-state index contributed by atoms with van der Waals surface area (Å²) in [6.07, 6.45) is 0. The second-order valence-electron chi connectivity index (χ2n) is 4.74. The summed E-state index contributed by atoms with van der Waals surface area (Å²) in [4.78, 5) is 31.1. The number of hydrogen-bond donors (Lipinski definition) is 2. The van der Waals surface area contributed by atoms with E-state index >= 15 is 0 Å². The van der Waals surface area contributed by atoms with Gasteiger partial charge in [0.05, 0.1) is 16.8 Å². The second-order valence-corrected chi connectivity index (χ2v) is 6.53. The highest BCUT2D eigenvalue weighted by Crippen LogP contribution is 2.29. The maximum absolute atomic E-state index is 12.1. The van der Waals surface area contributed by atoms with Crippen LogP contribution in [0.1, 0.15) is 18.4 Å². The van der Waals surface area contributed by atoms with Gasteiger partial charge in [-0.2, -0.15) is 0 Å². The number of benzene rings is 1. The van der Waals surface area contributed by atoms with Crippen molar-refractivity contribution >= 4 is 29.3 Å². The molecule has 5 nitrogen and oxygen atoms in total. The van der Waals surface area contributed by atoms with E-state index in [0.29, 0.717) is 16.5 Å². The molecule has 22 heavy (non-hydrogen) atoms. The molecule has 0 aliphatic heterocycles. The first-order chi connectivity index (χ1) is 10.5. The Bertz CT molecular complexity index is 733. The second kappa shape index (κ2) is 7.47. The summed E-state index contributed by atoms with van der Waals surface area (Å²) < 4.78 is 0. The van der Waals surface area contributed by atoms with Gasteiger partial charge in [-0.25, -0.2) is 4.98 Å². The molecule has 0 bridgehead atoms. The Morgan fingerprint density at radius 1 is 1.45 bits per heavy atom. The Balaban J connectivity index is 1.94. The van der Waals surface area contributed by atoms with Crippen molar-refractivity contribution in [1.82, 2.24) is 15.3 Å². The Morgan fingerprint density at radius 2 is 2.18 bits per heavy atom. The van der Waals surface area contributed by atoms with Crippen molar-refractivity contribution in [2.24, 2.45) is 0 Å². The summed E-state index contributed by atoms with van der Waals surface area (Å²) in [6.45, 7) is 3.72. The zero-order valence-corrected chi connectivity index (χ0v) is 13.8. The van der Waals surface area contributed by atoms with E-state index < -0.39 is 0 Å². The number of hydrogen-bond acceptors (Lipinski definition) is 4. The van der Waals surface area contributed by atoms with Gasteiger partial charge in [-0.15, -0.1) is 11.8 Å². The Kier molecular flexibility index (Phi) is 5.63. The minimum Gasteiger partial charge on any atom is -0.348 e. The van der Waals surface area contributed by atoms with E-state index in [1.165, 1.54) is 17.8 Å². The van der Waals surface area contributed by atoms with E-state index in [0.717, 1.165) is 4.90 Å². The Hall–Kier alpha value is -1.79. The third-order valence-corrected chi connectivity index (χ3v) is 4.48. The number of aryl methyl sites for hydroxylation is 1. The third kappa shape index (κ3) is 4.61. The minimum atomic E-state index is -0.309. The van der Waals surface area contributed by atoms with Crippen molar-refractivity contribution in [1.29, 1.82) is 0 Å². The molecule has 1 aromatic heterocycles. The molecule has 1 aromatic carbocycles. The number of nitrogens with zero attached hydrogens (tertiary/aromatic N) is 1. The quantitative estimate of drug-likeness (QED) is 0.822. The highest BCUT2D eigenvalue weighted by Gasteiger charge is 2.15. The van der Waals surface area contributed by atoms with Gasteiger partial charge in [0.25, 0.3) is 5.56 Å². The molecular formula is C15H16ClN3O2S. The molecule has 1 heterocycles. The average Bonchev–Trinajstić information content (AvgIpc) is 2.46. The summed E-state index contributed by atoms with van der Waals surface area (Å²) >= 11 is 7.46. The number of aromatic nitrogens is 2. The van der Waals surface area contributed by atoms with Crippen molar-refractivity contribution < 1.29 is 4.79 Å². The van der Waals surface area contributed by atoms with Crippen LogP contribution in [0.2, 0.25) is 5.02 Å². The molecule has 0 saturated carbocycles. The van der Waals surface area contributed by atoms with Crippen LogP contribution in [0.3, 0.4) is 0 Å². The lowest BCUT2D eigenvalue weighted by atomic mass is 10.4. The fourth-order valence-electron chi connectivity index (χ4n) is 1.82. The predicted octanol–water partition coefficient (Wildman–Crippen LogP) is 2.53. The number of aromatic amines is 1. The minimum absolute atomic E-state index is 0.144. The highest BCUT2D eigenvalue weighted by atomic mass is 35.5. The van der Waals surface area contributed by atoms with Crippen LogP contribution < -0.4 is 10.9 Å². The van der Waals surface area contributed by atoms with Crippen molar-refractivity contribution in [2.45, 2.75) is 30.5 Å². The average molecular weight is 338 g/mol. The van der Waals surface area contributed by atoms with Crippen molar-refractivity contribution in [3.8, 4) is 0 Å². The molecule has 0 spiro atoms. The standard InChI is InChI=1S/C15H16ClN3O2S/c1-9-7-14(20)19-13(18-9)8-17-15(21)10(2)22-12-6-4-3-5-11(12)16/h3-7,10H,8H2,1-2H3,(H,17,21)(H,18,19,20). The molecule has 0 fully saturated rings. The molecule has 1 amide bonds. The molecule has 0 saturated heterocycles. The van der Waals surface area contributed by atoms with Crippen molar-refractivity contribution in [3.63, 3.8) is 0 Å². The van der Waals surface area contributed by atoms with E-state index in [1.807, 2.05) is 18.2 Å². The first-order valence-electron chi connectivity index (χ1n) is 6.71. The molecule has 1 atom stereocenters. The van der Waals surface area contributed by atoms with Gasteiger partial charge in [-0.3, -0.25) is 9.59 Å². The van der Waals surface area contributed by atoms with Crippen LogP contribution in [-0.4, -0.2) is 21.1 Å². The molecular weight excluding hydrogens is 322 g/mol. The normalized spacial score (nSPS) is 12.0. The number of nitrogens with one attached hydrogen (secondary N) is 2. The zero-order chi connectivity index (χ0) is 16.1. The molecule has 116 valence electrons. The summed E-state index contributed by atoms with van der Waals surface area (Å²) in [6, 6.07) is 8.78. The number of H-pyrrole nitrogens is 1. The molecule has 0 radical (unpaired) electrons. The third-order valence-electron chi connectivity index (χ3n) is 2.86. The summed E-state index contributed by atoms with van der Waals surface area (Å²) in [5.41, 5.74) is 0.390. The number of rotatable bonds is 5. The fraction of sp³-hybridized carbons (Fsp3) is 0.267. The van der Waals surface area contributed by atoms with E-state index in [-0.39, 0.29) is 23.3 Å². The zero-order valence-electron chi connectivity index (χ0n) is 12.2. The Labute approximate surface area is 137 Å². The van der Waals surface area contributed by atoms with E-state index in [1.54, 1.807) is 19.9 Å². The van der Waals surface area contributed by atoms with Gasteiger partial charge in [0.1, 0.15) is 5.82 Å². The maximum Gasteiger partial charge on any atom is 0.251 e. The van der Waals surface area contributed by atoms with Gasteiger partial charge in [-0.05, 0) is 26.0 Å². The number of thioether (sulfide) groups is 1. The van der Waals surface area contributed by atoms with Gasteiger partial charge >= 0.3 is 0 Å². The van der Waals surface area contributed by atoms with E-state index in [4.69, 9.17) is 11.6 Å². The first-order valence-corrected chi connectivity index (χ1v) is 7.97. The number of carbonyl (C=O) groups excluding carboxylic acids is 1. The van der Waals surface area contributed by atoms with Crippen LogP contribution in [0.4, 0.5) is 0 Å². The Morgan fingerprint density at radius 3 is 2.86 bits per heavy atom. The summed E-state index contributed by atoms with van der Waals surface area (Å²) in [5, 5.41) is 3.07. The molecule has 2 rings (SSSR count). The summed E-state index contributed by atoms with van der Waals surface area (Å²) in [7, 11) is 0. The fourth-order valence-corrected chi connectivity index (χ4v) is 3.00. The number of halogens is 1. The topological polar surface area (TPSA) is 74.8 Å². The van der Waals surface area contributed by atoms with Crippen LogP contribution in [0.15, 0.2) is 40.0 Å². The lowest BCUT2D eigenvalue weighted by Crippen LogP contribution is -2.31. The smallest absolute Gasteiger partial charge is 0.251 e. The van der Waals surface area contributed by atoms with E-state index in [9.17, 15) is 9.59 Å².